The Kier molecular flexibility index (Phi) is 5.64. The summed E-state index contributed by atoms with van der Waals surface area (Å²) in [6.07, 6.45) is 0. The monoisotopic (exact) mass is 541 g/mol. The number of nitrogens with zero attached hydrogens (tertiary/aromatic N) is 3. The number of thiophene rings is 1. The molecule has 0 radical (unpaired) electrons. The van der Waals surface area contributed by atoms with E-state index in [9.17, 15) is 0 Å². The van der Waals surface area contributed by atoms with Gasteiger partial charge in [-0.3, -0.25) is 0 Å². The SMILES string of the molecule is c1ccc(-c2nc(-c3ccccc3)nc(-c3ccc(-c4cccc5sc6c7ccccc7ccc6c45)cc3)n2)cc1. The van der Waals surface area contributed by atoms with Gasteiger partial charge in [-0.05, 0) is 28.0 Å². The predicted octanol–water partition coefficient (Wildman–Crippen LogP) is 10.1. The number of aromatic nitrogens is 3. The van der Waals surface area contributed by atoms with Gasteiger partial charge >= 0.3 is 0 Å². The van der Waals surface area contributed by atoms with E-state index < -0.39 is 0 Å². The van der Waals surface area contributed by atoms with Gasteiger partial charge in [0.1, 0.15) is 0 Å². The maximum Gasteiger partial charge on any atom is 0.164 e. The molecule has 0 amide bonds. The Morgan fingerprint density at radius 2 is 0.951 bits per heavy atom. The Labute approximate surface area is 241 Å². The van der Waals surface area contributed by atoms with E-state index in [-0.39, 0.29) is 0 Å². The van der Waals surface area contributed by atoms with Gasteiger partial charge in [0.2, 0.25) is 0 Å². The molecule has 0 atom stereocenters. The Hall–Kier alpha value is -5.19. The Morgan fingerprint density at radius 1 is 0.390 bits per heavy atom. The molecule has 0 unspecified atom stereocenters. The summed E-state index contributed by atoms with van der Waals surface area (Å²) < 4.78 is 2.64. The van der Waals surface area contributed by atoms with Gasteiger partial charge in [0, 0.05) is 36.9 Å². The van der Waals surface area contributed by atoms with Gasteiger partial charge in [-0.2, -0.15) is 0 Å². The molecular formula is C37H23N3S. The highest BCUT2D eigenvalue weighted by Gasteiger charge is 2.15. The van der Waals surface area contributed by atoms with Crippen molar-refractivity contribution in [3.05, 3.63) is 140 Å². The summed E-state index contributed by atoms with van der Waals surface area (Å²) >= 11 is 1.87. The fourth-order valence-corrected chi connectivity index (χ4v) is 6.80. The van der Waals surface area contributed by atoms with Crippen LogP contribution >= 0.6 is 11.3 Å². The predicted molar refractivity (Wildman–Crippen MR) is 172 cm³/mol. The van der Waals surface area contributed by atoms with Crippen molar-refractivity contribution in [2.45, 2.75) is 0 Å². The van der Waals surface area contributed by atoms with E-state index in [4.69, 9.17) is 15.0 Å². The van der Waals surface area contributed by atoms with Crippen molar-refractivity contribution in [1.29, 1.82) is 0 Å². The summed E-state index contributed by atoms with van der Waals surface area (Å²) in [6, 6.07) is 48.5. The number of rotatable bonds is 4. The van der Waals surface area contributed by atoms with E-state index in [2.05, 4.69) is 78.9 Å². The number of hydrogen-bond donors (Lipinski definition) is 0. The summed E-state index contributed by atoms with van der Waals surface area (Å²) in [5, 5.41) is 5.20. The zero-order valence-corrected chi connectivity index (χ0v) is 22.8. The summed E-state index contributed by atoms with van der Waals surface area (Å²) in [6.45, 7) is 0. The molecule has 192 valence electrons. The minimum atomic E-state index is 0.662. The molecule has 0 aliphatic heterocycles. The van der Waals surface area contributed by atoms with Crippen LogP contribution in [0.5, 0.6) is 0 Å². The normalized spacial score (nSPS) is 11.4. The molecule has 0 saturated carbocycles. The summed E-state index contributed by atoms with van der Waals surface area (Å²) in [4.78, 5) is 14.6. The minimum Gasteiger partial charge on any atom is -0.208 e. The van der Waals surface area contributed by atoms with Crippen LogP contribution in [0, 0.1) is 0 Å². The topological polar surface area (TPSA) is 38.7 Å². The molecule has 0 saturated heterocycles. The smallest absolute Gasteiger partial charge is 0.164 e. The van der Waals surface area contributed by atoms with E-state index >= 15 is 0 Å². The Bertz CT molecular complexity index is 2130. The van der Waals surface area contributed by atoms with Crippen LogP contribution in [0.4, 0.5) is 0 Å². The lowest BCUT2D eigenvalue weighted by atomic mass is 9.97. The van der Waals surface area contributed by atoms with Crippen LogP contribution in [0.1, 0.15) is 0 Å². The third kappa shape index (κ3) is 4.17. The van der Waals surface area contributed by atoms with Crippen molar-refractivity contribution in [3.8, 4) is 45.3 Å². The molecule has 8 aromatic rings. The number of hydrogen-bond acceptors (Lipinski definition) is 4. The quantitative estimate of drug-likeness (QED) is 0.222. The molecule has 4 heteroatoms. The molecule has 3 nitrogen and oxygen atoms in total. The van der Waals surface area contributed by atoms with Gasteiger partial charge in [-0.1, -0.05) is 133 Å². The lowest BCUT2D eigenvalue weighted by Gasteiger charge is -2.09. The van der Waals surface area contributed by atoms with Crippen LogP contribution in [0.2, 0.25) is 0 Å². The molecule has 8 rings (SSSR count). The maximum absolute atomic E-state index is 4.89. The zero-order valence-electron chi connectivity index (χ0n) is 22.0. The Morgan fingerprint density at radius 3 is 1.61 bits per heavy atom. The molecule has 2 aromatic heterocycles. The highest BCUT2D eigenvalue weighted by Crippen LogP contribution is 2.43. The lowest BCUT2D eigenvalue weighted by Crippen LogP contribution is -2.00. The van der Waals surface area contributed by atoms with Gasteiger partial charge in [0.05, 0.1) is 0 Å². The first-order valence-corrected chi connectivity index (χ1v) is 14.4. The van der Waals surface area contributed by atoms with Crippen LogP contribution in [-0.2, 0) is 0 Å². The standard InChI is InChI=1S/C37H23N3S/c1-3-11-26(12-4-1)35-38-36(27-13-5-2-6-14-27)40-37(39-35)28-20-18-25(19-21-28)29-16-9-17-32-33(29)31-23-22-24-10-7-8-15-30(24)34(31)41-32/h1-23H. The van der Waals surface area contributed by atoms with Gasteiger partial charge < -0.3 is 0 Å². The first-order valence-electron chi connectivity index (χ1n) is 13.6. The second kappa shape index (κ2) is 9.77. The fraction of sp³-hybridized carbons (Fsp3) is 0. The summed E-state index contributed by atoms with van der Waals surface area (Å²) in [7, 11) is 0. The van der Waals surface area contributed by atoms with Crippen LogP contribution in [0.25, 0.3) is 76.2 Å². The maximum atomic E-state index is 4.89. The van der Waals surface area contributed by atoms with Crippen LogP contribution in [0.3, 0.4) is 0 Å². The van der Waals surface area contributed by atoms with Crippen molar-refractivity contribution in [3.63, 3.8) is 0 Å². The van der Waals surface area contributed by atoms with Crippen molar-refractivity contribution in [2.24, 2.45) is 0 Å². The van der Waals surface area contributed by atoms with Gasteiger partial charge in [-0.15, -0.1) is 11.3 Å². The molecule has 6 aromatic carbocycles. The summed E-state index contributed by atoms with van der Waals surface area (Å²) in [5.74, 6) is 2.00. The molecule has 0 fully saturated rings. The number of fused-ring (bicyclic) bond motifs is 5. The van der Waals surface area contributed by atoms with Gasteiger partial charge in [0.25, 0.3) is 0 Å². The largest absolute Gasteiger partial charge is 0.208 e. The molecule has 0 aliphatic rings. The lowest BCUT2D eigenvalue weighted by molar-refractivity contribution is 1.07. The average Bonchev–Trinajstić information content (AvgIpc) is 3.45. The Balaban J connectivity index is 1.25. The number of benzene rings is 6. The molecule has 0 bridgehead atoms. The molecule has 2 heterocycles. The van der Waals surface area contributed by atoms with E-state index in [1.807, 2.05) is 72.0 Å². The van der Waals surface area contributed by atoms with Crippen molar-refractivity contribution in [2.75, 3.05) is 0 Å². The van der Waals surface area contributed by atoms with E-state index in [0.717, 1.165) is 16.7 Å². The zero-order chi connectivity index (χ0) is 27.2. The van der Waals surface area contributed by atoms with E-state index in [1.165, 1.54) is 42.1 Å². The fourth-order valence-electron chi connectivity index (χ4n) is 5.53. The van der Waals surface area contributed by atoms with Crippen molar-refractivity contribution < 1.29 is 0 Å². The highest BCUT2D eigenvalue weighted by molar-refractivity contribution is 7.26. The van der Waals surface area contributed by atoms with Crippen molar-refractivity contribution in [1.82, 2.24) is 15.0 Å². The minimum absolute atomic E-state index is 0.662. The summed E-state index contributed by atoms with van der Waals surface area (Å²) in [5.41, 5.74) is 5.30. The molecular weight excluding hydrogens is 518 g/mol. The molecule has 41 heavy (non-hydrogen) atoms. The average molecular weight is 542 g/mol. The van der Waals surface area contributed by atoms with Gasteiger partial charge in [0.15, 0.2) is 17.5 Å². The third-order valence-corrected chi connectivity index (χ3v) is 8.74. The first-order chi connectivity index (χ1) is 20.3. The molecule has 0 spiro atoms. The third-order valence-electron chi connectivity index (χ3n) is 7.54. The highest BCUT2D eigenvalue weighted by atomic mass is 32.1. The molecule has 0 aliphatic carbocycles. The van der Waals surface area contributed by atoms with Crippen molar-refractivity contribution >= 4 is 42.3 Å². The first kappa shape index (κ1) is 23.7. The van der Waals surface area contributed by atoms with E-state index in [0.29, 0.717) is 17.5 Å². The van der Waals surface area contributed by atoms with Crippen LogP contribution in [-0.4, -0.2) is 15.0 Å². The second-order valence-corrected chi connectivity index (χ2v) is 11.1. The molecule has 0 N–H and O–H groups in total. The second-order valence-electron chi connectivity index (χ2n) is 10.1. The van der Waals surface area contributed by atoms with E-state index in [1.54, 1.807) is 0 Å². The van der Waals surface area contributed by atoms with Crippen LogP contribution < -0.4 is 0 Å². The van der Waals surface area contributed by atoms with Gasteiger partial charge in [-0.25, -0.2) is 15.0 Å². The van der Waals surface area contributed by atoms with Crippen LogP contribution in [0.15, 0.2) is 140 Å².